The number of fused-ring (bicyclic) bond motifs is 1. The number of carbonyl (C=O) groups excluding carboxylic acids is 2. The van der Waals surface area contributed by atoms with Crippen molar-refractivity contribution in [1.82, 2.24) is 5.01 Å². The Morgan fingerprint density at radius 2 is 1.79 bits per heavy atom. The molecule has 0 N–H and O–H groups in total. The summed E-state index contributed by atoms with van der Waals surface area (Å²) >= 11 is 8.40. The fourth-order valence-electron chi connectivity index (χ4n) is 5.02. The summed E-state index contributed by atoms with van der Waals surface area (Å²) in [5.41, 5.74) is 1.58. The molecule has 8 heteroatoms. The van der Waals surface area contributed by atoms with Crippen LogP contribution >= 0.6 is 34.2 Å². The summed E-state index contributed by atoms with van der Waals surface area (Å²) in [4.78, 5) is 25.9. The first-order chi connectivity index (χ1) is 16.0. The van der Waals surface area contributed by atoms with Crippen LogP contribution < -0.4 is 9.47 Å². The van der Waals surface area contributed by atoms with E-state index < -0.39 is 0 Å². The first-order valence-electron chi connectivity index (χ1n) is 10.8. The zero-order valence-corrected chi connectivity index (χ0v) is 20.8. The van der Waals surface area contributed by atoms with Crippen molar-refractivity contribution >= 4 is 52.2 Å². The molecule has 1 saturated heterocycles. The Balaban J connectivity index is 1.35. The summed E-state index contributed by atoms with van der Waals surface area (Å²) < 4.78 is 12.3. The van der Waals surface area contributed by atoms with Crippen LogP contribution in [0.25, 0.3) is 0 Å². The summed E-state index contributed by atoms with van der Waals surface area (Å²) in [6.07, 6.45) is 7.66. The fraction of sp³-hybridized carbons (Fsp3) is 0.320. The monoisotopic (exact) mass is 576 g/mol. The smallest absolute Gasteiger partial charge is 0.254 e. The molecule has 2 aromatic carbocycles. The maximum atomic E-state index is 13.0. The molecule has 4 aliphatic rings. The SMILES string of the molecule is COc1cc(/C=N\N2C(=O)[C@@H]3[C@@H](C2=O)[C@H]2C=C[C@H]3CC2)cc(I)c1OCc1ccccc1Cl. The molecule has 2 bridgehead atoms. The van der Waals surface area contributed by atoms with Gasteiger partial charge in [-0.05, 0) is 71.0 Å². The summed E-state index contributed by atoms with van der Waals surface area (Å²) in [5.74, 6) is 0.493. The number of halogens is 2. The van der Waals surface area contributed by atoms with E-state index in [0.717, 1.165) is 27.0 Å². The van der Waals surface area contributed by atoms with Crippen LogP contribution in [0.1, 0.15) is 24.0 Å². The Morgan fingerprint density at radius 1 is 1.12 bits per heavy atom. The Hall–Kier alpha value is -2.39. The zero-order chi connectivity index (χ0) is 23.1. The maximum Gasteiger partial charge on any atom is 0.254 e. The summed E-state index contributed by atoms with van der Waals surface area (Å²) in [6.45, 7) is 0.301. The average Bonchev–Trinajstić information content (AvgIpc) is 3.10. The quantitative estimate of drug-likeness (QED) is 0.209. The Labute approximate surface area is 210 Å². The van der Waals surface area contributed by atoms with Crippen molar-refractivity contribution in [2.75, 3.05) is 7.11 Å². The van der Waals surface area contributed by atoms with E-state index in [1.165, 1.54) is 6.21 Å². The van der Waals surface area contributed by atoms with Crippen molar-refractivity contribution in [1.29, 1.82) is 0 Å². The van der Waals surface area contributed by atoms with Crippen molar-refractivity contribution < 1.29 is 19.1 Å². The molecule has 0 aromatic heterocycles. The lowest BCUT2D eigenvalue weighted by Gasteiger charge is -2.37. The number of hydrogen-bond donors (Lipinski definition) is 0. The third kappa shape index (κ3) is 4.05. The van der Waals surface area contributed by atoms with E-state index in [-0.39, 0.29) is 35.5 Å². The van der Waals surface area contributed by atoms with E-state index >= 15 is 0 Å². The van der Waals surface area contributed by atoms with Crippen LogP contribution in [-0.2, 0) is 16.2 Å². The molecule has 0 radical (unpaired) electrons. The number of methoxy groups -OCH3 is 1. The molecule has 1 saturated carbocycles. The van der Waals surface area contributed by atoms with Gasteiger partial charge in [-0.25, -0.2) is 0 Å². The molecule has 33 heavy (non-hydrogen) atoms. The molecular weight excluding hydrogens is 555 g/mol. The van der Waals surface area contributed by atoms with E-state index in [1.807, 2.05) is 30.3 Å². The molecule has 1 aliphatic heterocycles. The first kappa shape index (κ1) is 22.4. The largest absolute Gasteiger partial charge is 0.493 e. The van der Waals surface area contributed by atoms with Gasteiger partial charge < -0.3 is 9.47 Å². The van der Waals surface area contributed by atoms with Gasteiger partial charge in [0.05, 0.1) is 28.7 Å². The van der Waals surface area contributed by atoms with Gasteiger partial charge in [-0.1, -0.05) is 42.0 Å². The van der Waals surface area contributed by atoms with Crippen molar-refractivity contribution in [3.8, 4) is 11.5 Å². The molecule has 170 valence electrons. The van der Waals surface area contributed by atoms with Crippen molar-refractivity contribution in [3.63, 3.8) is 0 Å². The van der Waals surface area contributed by atoms with E-state index in [2.05, 4.69) is 39.8 Å². The molecule has 1 heterocycles. The van der Waals surface area contributed by atoms with Gasteiger partial charge in [-0.2, -0.15) is 10.1 Å². The van der Waals surface area contributed by atoms with Crippen LogP contribution in [-0.4, -0.2) is 30.1 Å². The van der Waals surface area contributed by atoms with Crippen LogP contribution in [0.15, 0.2) is 53.7 Å². The zero-order valence-electron chi connectivity index (χ0n) is 17.9. The third-order valence-corrected chi connectivity index (χ3v) is 7.81. The highest BCUT2D eigenvalue weighted by Crippen LogP contribution is 2.49. The van der Waals surface area contributed by atoms with E-state index in [4.69, 9.17) is 21.1 Å². The highest BCUT2D eigenvalue weighted by atomic mass is 127. The lowest BCUT2D eigenvalue weighted by atomic mass is 9.63. The molecule has 6 rings (SSSR count). The van der Waals surface area contributed by atoms with Crippen molar-refractivity contribution in [3.05, 3.63) is 68.3 Å². The predicted octanol–water partition coefficient (Wildman–Crippen LogP) is 5.06. The Kier molecular flexibility index (Phi) is 6.18. The van der Waals surface area contributed by atoms with Crippen LogP contribution in [0.2, 0.25) is 5.02 Å². The number of allylic oxidation sites excluding steroid dienone is 2. The van der Waals surface area contributed by atoms with Crippen LogP contribution in [0.5, 0.6) is 11.5 Å². The van der Waals surface area contributed by atoms with Crippen molar-refractivity contribution in [2.45, 2.75) is 19.4 Å². The lowest BCUT2D eigenvalue weighted by molar-refractivity contribution is -0.140. The minimum atomic E-state index is -0.270. The van der Waals surface area contributed by atoms with E-state index in [1.54, 1.807) is 13.2 Å². The molecule has 0 unspecified atom stereocenters. The molecule has 2 amide bonds. The normalized spacial score (nSPS) is 25.7. The number of rotatable bonds is 6. The third-order valence-electron chi connectivity index (χ3n) is 6.64. The second-order valence-corrected chi connectivity index (χ2v) is 10.1. The standard InChI is InChI=1S/C25H22ClIN2O4/c1-32-20-11-14(10-19(27)23(20)33-13-17-4-2-3-5-18(17)26)12-28-29-24(30)21-15-6-7-16(9-8-15)22(21)25(29)31/h2-7,10-12,15-16,21-22H,8-9,13H2,1H3/b28-12-/t15-,16-,21-,22-/m0/s1. The highest BCUT2D eigenvalue weighted by molar-refractivity contribution is 14.1. The predicted molar refractivity (Wildman–Crippen MR) is 133 cm³/mol. The molecule has 0 spiro atoms. The lowest BCUT2D eigenvalue weighted by Crippen LogP contribution is -2.38. The van der Waals surface area contributed by atoms with Gasteiger partial charge in [0.1, 0.15) is 6.61 Å². The summed E-state index contributed by atoms with van der Waals surface area (Å²) in [6, 6.07) is 11.2. The first-order valence-corrected chi connectivity index (χ1v) is 12.3. The second kappa shape index (κ2) is 9.10. The number of carbonyl (C=O) groups is 2. The fourth-order valence-corrected chi connectivity index (χ4v) is 5.99. The van der Waals surface area contributed by atoms with Gasteiger partial charge >= 0.3 is 0 Å². The molecule has 2 aromatic rings. The molecular formula is C25H22ClIN2O4. The van der Waals surface area contributed by atoms with Gasteiger partial charge in [0.2, 0.25) is 0 Å². The number of benzene rings is 2. The van der Waals surface area contributed by atoms with Crippen LogP contribution in [0.4, 0.5) is 0 Å². The number of hydrazone groups is 1. The van der Waals surface area contributed by atoms with Gasteiger partial charge in [0.25, 0.3) is 11.8 Å². The average molecular weight is 577 g/mol. The Bertz CT molecular complexity index is 1150. The van der Waals surface area contributed by atoms with Gasteiger partial charge in [0.15, 0.2) is 11.5 Å². The number of ether oxygens (including phenoxy) is 2. The maximum absolute atomic E-state index is 13.0. The Morgan fingerprint density at radius 3 is 2.39 bits per heavy atom. The summed E-state index contributed by atoms with van der Waals surface area (Å²) in [5, 5.41) is 5.99. The van der Waals surface area contributed by atoms with Gasteiger partial charge in [-0.3, -0.25) is 9.59 Å². The number of imide groups is 1. The molecule has 4 atom stereocenters. The summed E-state index contributed by atoms with van der Waals surface area (Å²) in [7, 11) is 1.57. The van der Waals surface area contributed by atoms with Gasteiger partial charge in [-0.15, -0.1) is 0 Å². The molecule has 2 fully saturated rings. The number of hydrogen-bond acceptors (Lipinski definition) is 5. The number of amides is 2. The van der Waals surface area contributed by atoms with Crippen LogP contribution in [0, 0.1) is 27.2 Å². The highest BCUT2D eigenvalue weighted by Gasteiger charge is 2.56. The minimum absolute atomic E-state index is 0.146. The topological polar surface area (TPSA) is 68.2 Å². The molecule has 6 nitrogen and oxygen atoms in total. The second-order valence-electron chi connectivity index (χ2n) is 8.49. The minimum Gasteiger partial charge on any atom is -0.493 e. The van der Waals surface area contributed by atoms with E-state index in [0.29, 0.717) is 28.7 Å². The van der Waals surface area contributed by atoms with Gasteiger partial charge in [0, 0.05) is 10.6 Å². The number of nitrogens with zero attached hydrogens (tertiary/aromatic N) is 2. The van der Waals surface area contributed by atoms with Crippen molar-refractivity contribution in [2.24, 2.45) is 28.8 Å². The molecule has 3 aliphatic carbocycles. The van der Waals surface area contributed by atoms with E-state index in [9.17, 15) is 9.59 Å². The van der Waals surface area contributed by atoms with Crippen LogP contribution in [0.3, 0.4) is 0 Å².